The minimum absolute atomic E-state index is 0.0212. The van der Waals surface area contributed by atoms with E-state index < -0.39 is 9.84 Å². The summed E-state index contributed by atoms with van der Waals surface area (Å²) in [5.74, 6) is 6.10. The van der Waals surface area contributed by atoms with E-state index in [-0.39, 0.29) is 24.7 Å². The van der Waals surface area contributed by atoms with Crippen LogP contribution in [0.25, 0.3) is 0 Å². The molecule has 0 fully saturated rings. The second-order valence-electron chi connectivity index (χ2n) is 3.99. The molecule has 0 bridgehead atoms. The Morgan fingerprint density at radius 3 is 2.79 bits per heavy atom. The van der Waals surface area contributed by atoms with Crippen LogP contribution in [-0.4, -0.2) is 38.2 Å². The topological polar surface area (TPSA) is 63.6 Å². The van der Waals surface area contributed by atoms with Crippen LogP contribution in [0.3, 0.4) is 0 Å². The fraction of sp³-hybridized carbons (Fsp3) is 0.429. The summed E-state index contributed by atoms with van der Waals surface area (Å²) in [6.45, 7) is 1.78. The molecule has 1 N–H and O–H groups in total. The van der Waals surface area contributed by atoms with E-state index >= 15 is 0 Å². The van der Waals surface area contributed by atoms with E-state index in [0.717, 1.165) is 5.56 Å². The maximum atomic E-state index is 11.5. The zero-order chi connectivity index (χ0) is 14.1. The van der Waals surface area contributed by atoms with Gasteiger partial charge >= 0.3 is 0 Å². The lowest BCUT2D eigenvalue weighted by Crippen LogP contribution is -2.16. The first-order valence-corrected chi connectivity index (χ1v) is 7.92. The molecule has 1 aromatic carbocycles. The van der Waals surface area contributed by atoms with Gasteiger partial charge in [-0.25, -0.2) is 8.42 Å². The van der Waals surface area contributed by atoms with Crippen molar-refractivity contribution in [2.75, 3.05) is 24.7 Å². The van der Waals surface area contributed by atoms with Crippen LogP contribution in [0.2, 0.25) is 0 Å². The second kappa shape index (κ2) is 7.82. The molecule has 0 amide bonds. The zero-order valence-electron chi connectivity index (χ0n) is 10.9. The third-order valence-electron chi connectivity index (χ3n) is 2.32. The minimum atomic E-state index is -3.01. The molecule has 0 heterocycles. The normalized spacial score (nSPS) is 10.6. The van der Waals surface area contributed by atoms with Gasteiger partial charge in [-0.2, -0.15) is 0 Å². The molecule has 0 saturated heterocycles. The fourth-order valence-electron chi connectivity index (χ4n) is 1.50. The Hall–Kier alpha value is -1.51. The van der Waals surface area contributed by atoms with Gasteiger partial charge < -0.3 is 9.84 Å². The summed E-state index contributed by atoms with van der Waals surface area (Å²) in [7, 11) is -3.01. The van der Waals surface area contributed by atoms with Gasteiger partial charge in [0, 0.05) is 5.56 Å². The summed E-state index contributed by atoms with van der Waals surface area (Å²) >= 11 is 0. The van der Waals surface area contributed by atoms with Crippen molar-refractivity contribution < 1.29 is 18.3 Å². The van der Waals surface area contributed by atoms with E-state index in [0.29, 0.717) is 12.2 Å². The zero-order valence-corrected chi connectivity index (χ0v) is 11.7. The van der Waals surface area contributed by atoms with Gasteiger partial charge in [0.1, 0.15) is 19.0 Å². The van der Waals surface area contributed by atoms with Gasteiger partial charge in [-0.1, -0.05) is 24.8 Å². The summed E-state index contributed by atoms with van der Waals surface area (Å²) in [4.78, 5) is 0. The number of aliphatic hydroxyl groups is 1. The smallest absolute Gasteiger partial charge is 0.153 e. The van der Waals surface area contributed by atoms with Gasteiger partial charge in [-0.15, -0.1) is 0 Å². The number of hydrogen-bond donors (Lipinski definition) is 1. The molecule has 1 aromatic rings. The number of ether oxygens (including phenoxy) is 1. The Morgan fingerprint density at radius 2 is 2.11 bits per heavy atom. The van der Waals surface area contributed by atoms with Gasteiger partial charge in [-0.3, -0.25) is 0 Å². The Kier molecular flexibility index (Phi) is 6.40. The highest BCUT2D eigenvalue weighted by Gasteiger charge is 2.09. The standard InChI is InChI=1S/C14H18O4S/c1-2-10-19(16,17)11-9-18-14-7-3-5-13(12-14)6-4-8-15/h3,5,7,12,15H,2,8-11H2,1H3. The third kappa shape index (κ3) is 6.27. The molecule has 0 aliphatic carbocycles. The summed E-state index contributed by atoms with van der Waals surface area (Å²) in [5, 5.41) is 8.61. The van der Waals surface area contributed by atoms with E-state index in [2.05, 4.69) is 11.8 Å². The molecule has 0 unspecified atom stereocenters. The number of aliphatic hydroxyl groups excluding tert-OH is 1. The van der Waals surface area contributed by atoms with Crippen molar-refractivity contribution in [2.24, 2.45) is 0 Å². The molecule has 0 aromatic heterocycles. The molecule has 104 valence electrons. The van der Waals surface area contributed by atoms with Crippen LogP contribution in [0.5, 0.6) is 5.75 Å². The molecule has 0 spiro atoms. The van der Waals surface area contributed by atoms with Crippen LogP contribution in [0.15, 0.2) is 24.3 Å². The monoisotopic (exact) mass is 282 g/mol. The summed E-state index contributed by atoms with van der Waals surface area (Å²) in [6, 6.07) is 7.03. The third-order valence-corrected chi connectivity index (χ3v) is 4.14. The van der Waals surface area contributed by atoms with E-state index in [4.69, 9.17) is 9.84 Å². The molecule has 5 heteroatoms. The maximum absolute atomic E-state index is 11.5. The number of hydrogen-bond acceptors (Lipinski definition) is 4. The highest BCUT2D eigenvalue weighted by atomic mass is 32.2. The predicted octanol–water partition coefficient (Wildman–Crippen LogP) is 1.23. The van der Waals surface area contributed by atoms with Gasteiger partial charge in [0.2, 0.25) is 0 Å². The lowest BCUT2D eigenvalue weighted by molar-refractivity contribution is 0.340. The summed E-state index contributed by atoms with van der Waals surface area (Å²) in [6.07, 6.45) is 0.620. The van der Waals surface area contributed by atoms with Crippen LogP contribution >= 0.6 is 0 Å². The highest BCUT2D eigenvalue weighted by Crippen LogP contribution is 2.12. The lowest BCUT2D eigenvalue weighted by Gasteiger charge is -2.06. The van der Waals surface area contributed by atoms with Crippen molar-refractivity contribution in [3.63, 3.8) is 0 Å². The first-order valence-electron chi connectivity index (χ1n) is 6.10. The largest absolute Gasteiger partial charge is 0.492 e. The minimum Gasteiger partial charge on any atom is -0.492 e. The summed E-state index contributed by atoms with van der Waals surface area (Å²) < 4.78 is 28.4. The fourth-order valence-corrected chi connectivity index (χ4v) is 2.67. The van der Waals surface area contributed by atoms with Gasteiger partial charge in [0.15, 0.2) is 9.84 Å². The van der Waals surface area contributed by atoms with Crippen molar-refractivity contribution >= 4 is 9.84 Å². The maximum Gasteiger partial charge on any atom is 0.153 e. The predicted molar refractivity (Wildman–Crippen MR) is 74.8 cm³/mol. The average molecular weight is 282 g/mol. The van der Waals surface area contributed by atoms with Crippen LogP contribution < -0.4 is 4.74 Å². The van der Waals surface area contributed by atoms with Gasteiger partial charge in [-0.05, 0) is 24.6 Å². The Balaban J connectivity index is 2.54. The quantitative estimate of drug-likeness (QED) is 0.797. The van der Waals surface area contributed by atoms with Crippen molar-refractivity contribution in [1.29, 1.82) is 0 Å². The molecule has 0 saturated carbocycles. The van der Waals surface area contributed by atoms with E-state index in [9.17, 15) is 8.42 Å². The molecule has 4 nitrogen and oxygen atoms in total. The molecular formula is C14H18O4S. The van der Waals surface area contributed by atoms with Crippen molar-refractivity contribution in [3.8, 4) is 17.6 Å². The first-order chi connectivity index (χ1) is 9.07. The van der Waals surface area contributed by atoms with Gasteiger partial charge in [0.25, 0.3) is 0 Å². The Morgan fingerprint density at radius 1 is 1.32 bits per heavy atom. The van der Waals surface area contributed by atoms with Crippen molar-refractivity contribution in [1.82, 2.24) is 0 Å². The van der Waals surface area contributed by atoms with Crippen LogP contribution in [0.4, 0.5) is 0 Å². The molecule has 0 atom stereocenters. The van der Waals surface area contributed by atoms with Gasteiger partial charge in [0.05, 0.1) is 11.5 Å². The van der Waals surface area contributed by atoms with E-state index in [1.807, 2.05) is 6.92 Å². The number of sulfone groups is 1. The molecule has 19 heavy (non-hydrogen) atoms. The van der Waals surface area contributed by atoms with Crippen LogP contribution in [-0.2, 0) is 9.84 Å². The SMILES string of the molecule is CCCS(=O)(=O)CCOc1cccc(C#CCO)c1. The van der Waals surface area contributed by atoms with Crippen molar-refractivity contribution in [3.05, 3.63) is 29.8 Å². The molecule has 1 rings (SSSR count). The summed E-state index contributed by atoms with van der Waals surface area (Å²) in [5.41, 5.74) is 0.725. The number of benzene rings is 1. The Bertz CT molecular complexity index is 552. The van der Waals surface area contributed by atoms with E-state index in [1.54, 1.807) is 24.3 Å². The number of rotatable bonds is 6. The average Bonchev–Trinajstić information content (AvgIpc) is 2.36. The van der Waals surface area contributed by atoms with E-state index in [1.165, 1.54) is 0 Å². The lowest BCUT2D eigenvalue weighted by atomic mass is 10.2. The van der Waals surface area contributed by atoms with Crippen molar-refractivity contribution in [2.45, 2.75) is 13.3 Å². The second-order valence-corrected chi connectivity index (χ2v) is 6.29. The molecular weight excluding hydrogens is 264 g/mol. The Labute approximate surface area is 114 Å². The van der Waals surface area contributed by atoms with Crippen LogP contribution in [0.1, 0.15) is 18.9 Å². The molecule has 0 aliphatic rings. The highest BCUT2D eigenvalue weighted by molar-refractivity contribution is 7.91. The first kappa shape index (κ1) is 15.5. The molecule has 0 radical (unpaired) electrons. The van der Waals surface area contributed by atoms with Crippen LogP contribution in [0, 0.1) is 11.8 Å². The molecule has 0 aliphatic heterocycles.